The van der Waals surface area contributed by atoms with Crippen molar-refractivity contribution in [3.8, 4) is 0 Å². The molecule has 0 spiro atoms. The molecule has 7 heteroatoms. The summed E-state index contributed by atoms with van der Waals surface area (Å²) in [6.07, 6.45) is 2.56. The largest absolute Gasteiger partial charge is 0.344 e. The van der Waals surface area contributed by atoms with E-state index in [-0.39, 0.29) is 11.3 Å². The number of aromatic nitrogens is 2. The summed E-state index contributed by atoms with van der Waals surface area (Å²) in [6.45, 7) is 12.1. The summed E-state index contributed by atoms with van der Waals surface area (Å²) in [5, 5.41) is 4.10. The fraction of sp³-hybridized carbons (Fsp3) is 0.833. The van der Waals surface area contributed by atoms with Crippen molar-refractivity contribution in [3.63, 3.8) is 0 Å². The van der Waals surface area contributed by atoms with Gasteiger partial charge in [-0.3, -0.25) is 14.6 Å². The first-order valence-electron chi connectivity index (χ1n) is 9.33. The first-order valence-corrected chi connectivity index (χ1v) is 9.33. The molecule has 2 fully saturated rings. The van der Waals surface area contributed by atoms with Crippen LogP contribution in [0.25, 0.3) is 0 Å². The van der Waals surface area contributed by atoms with Crippen LogP contribution in [0.3, 0.4) is 0 Å². The summed E-state index contributed by atoms with van der Waals surface area (Å²) in [5.41, 5.74) is -0.114. The highest BCUT2D eigenvalue weighted by Gasteiger charge is 2.27. The van der Waals surface area contributed by atoms with Crippen LogP contribution in [-0.2, 0) is 16.8 Å². The Morgan fingerprint density at radius 1 is 1.20 bits per heavy atom. The van der Waals surface area contributed by atoms with Gasteiger partial charge in [-0.15, -0.1) is 0 Å². The van der Waals surface area contributed by atoms with Crippen molar-refractivity contribution in [2.24, 2.45) is 5.92 Å². The Morgan fingerprint density at radius 3 is 2.40 bits per heavy atom. The van der Waals surface area contributed by atoms with E-state index in [0.29, 0.717) is 19.0 Å². The van der Waals surface area contributed by atoms with Crippen molar-refractivity contribution in [1.29, 1.82) is 0 Å². The summed E-state index contributed by atoms with van der Waals surface area (Å²) in [6, 6.07) is 0. The van der Waals surface area contributed by atoms with Gasteiger partial charge in [0.15, 0.2) is 5.82 Å². The molecule has 0 N–H and O–H groups in total. The van der Waals surface area contributed by atoms with Gasteiger partial charge in [-0.05, 0) is 18.8 Å². The van der Waals surface area contributed by atoms with Gasteiger partial charge in [-0.1, -0.05) is 25.9 Å². The van der Waals surface area contributed by atoms with E-state index in [2.05, 4.69) is 40.7 Å². The summed E-state index contributed by atoms with van der Waals surface area (Å²) >= 11 is 0. The molecule has 2 heterocycles. The van der Waals surface area contributed by atoms with Gasteiger partial charge in [-0.25, -0.2) is 0 Å². The lowest BCUT2D eigenvalue weighted by Gasteiger charge is -2.34. The third kappa shape index (κ3) is 5.25. The molecule has 0 atom stereocenters. The third-order valence-electron chi connectivity index (χ3n) is 4.95. The first kappa shape index (κ1) is 18.3. The number of amides is 1. The van der Waals surface area contributed by atoms with Crippen molar-refractivity contribution >= 4 is 5.91 Å². The summed E-state index contributed by atoms with van der Waals surface area (Å²) in [5.74, 6) is 2.43. The minimum atomic E-state index is -0.114. The predicted molar refractivity (Wildman–Crippen MR) is 95.1 cm³/mol. The first-order chi connectivity index (χ1) is 11.8. The van der Waals surface area contributed by atoms with Crippen LogP contribution >= 0.6 is 0 Å². The van der Waals surface area contributed by atoms with Crippen LogP contribution in [0.2, 0.25) is 0 Å². The molecule has 1 aromatic heterocycles. The fourth-order valence-electron chi connectivity index (χ4n) is 3.03. The Kier molecular flexibility index (Phi) is 5.43. The zero-order chi connectivity index (χ0) is 18.0. The minimum absolute atomic E-state index is 0.114. The molecule has 0 radical (unpaired) electrons. The predicted octanol–water partition coefficient (Wildman–Crippen LogP) is 1.35. The highest BCUT2D eigenvalue weighted by molar-refractivity contribution is 5.78. The van der Waals surface area contributed by atoms with Crippen LogP contribution in [0.15, 0.2) is 4.52 Å². The highest BCUT2D eigenvalue weighted by atomic mass is 16.5. The molecule has 1 saturated heterocycles. The molecule has 3 rings (SSSR count). The summed E-state index contributed by atoms with van der Waals surface area (Å²) in [4.78, 5) is 23.3. The molecule has 1 aliphatic heterocycles. The zero-order valence-corrected chi connectivity index (χ0v) is 16.0. The van der Waals surface area contributed by atoms with Gasteiger partial charge in [0.1, 0.15) is 0 Å². The van der Waals surface area contributed by atoms with Crippen molar-refractivity contribution in [2.75, 3.05) is 46.3 Å². The Hall–Kier alpha value is -1.47. The van der Waals surface area contributed by atoms with E-state index in [1.54, 1.807) is 0 Å². The van der Waals surface area contributed by atoms with E-state index in [0.717, 1.165) is 44.5 Å². The van der Waals surface area contributed by atoms with Crippen LogP contribution in [-0.4, -0.2) is 77.1 Å². The molecule has 140 valence electrons. The van der Waals surface area contributed by atoms with Gasteiger partial charge in [-0.2, -0.15) is 4.98 Å². The summed E-state index contributed by atoms with van der Waals surface area (Å²) < 4.78 is 5.36. The number of carbonyl (C=O) groups is 1. The Balaban J connectivity index is 1.41. The normalized spacial score (nSPS) is 20.0. The molecule has 1 aromatic rings. The van der Waals surface area contributed by atoms with Crippen LogP contribution in [0.5, 0.6) is 0 Å². The molecule has 7 nitrogen and oxygen atoms in total. The third-order valence-corrected chi connectivity index (χ3v) is 4.95. The molecule has 2 aliphatic rings. The molecule has 1 saturated carbocycles. The number of hydrogen-bond donors (Lipinski definition) is 0. The lowest BCUT2D eigenvalue weighted by Crippen LogP contribution is -2.49. The number of nitrogens with zero attached hydrogens (tertiary/aromatic N) is 5. The SMILES string of the molecule is CN(CC1CC1)C(=O)CN1CCN(Cc2noc(C(C)(C)C)n2)CC1. The minimum Gasteiger partial charge on any atom is -0.344 e. The van der Waals surface area contributed by atoms with E-state index in [1.165, 1.54) is 12.8 Å². The lowest BCUT2D eigenvalue weighted by atomic mass is 9.97. The van der Waals surface area contributed by atoms with E-state index >= 15 is 0 Å². The van der Waals surface area contributed by atoms with E-state index < -0.39 is 0 Å². The second-order valence-corrected chi connectivity index (χ2v) is 8.54. The van der Waals surface area contributed by atoms with Crippen molar-refractivity contribution < 1.29 is 9.32 Å². The molecule has 0 aromatic carbocycles. The number of piperazine rings is 1. The number of likely N-dealkylation sites (N-methyl/N-ethyl adjacent to an activating group) is 1. The number of carbonyl (C=O) groups excluding carboxylic acids is 1. The molecule has 1 amide bonds. The van der Waals surface area contributed by atoms with Crippen LogP contribution < -0.4 is 0 Å². The second kappa shape index (κ2) is 7.41. The summed E-state index contributed by atoms with van der Waals surface area (Å²) in [7, 11) is 1.93. The average molecular weight is 349 g/mol. The molecule has 1 aliphatic carbocycles. The van der Waals surface area contributed by atoms with Crippen LogP contribution in [0.1, 0.15) is 45.3 Å². The molecular weight excluding hydrogens is 318 g/mol. The number of hydrogen-bond acceptors (Lipinski definition) is 6. The quantitative estimate of drug-likeness (QED) is 0.772. The molecule has 0 unspecified atom stereocenters. The molecule has 25 heavy (non-hydrogen) atoms. The Morgan fingerprint density at radius 2 is 1.84 bits per heavy atom. The van der Waals surface area contributed by atoms with Gasteiger partial charge in [0.2, 0.25) is 11.8 Å². The van der Waals surface area contributed by atoms with Crippen molar-refractivity contribution in [2.45, 2.75) is 45.6 Å². The smallest absolute Gasteiger partial charge is 0.236 e. The second-order valence-electron chi connectivity index (χ2n) is 8.54. The van der Waals surface area contributed by atoms with Gasteiger partial charge in [0.05, 0.1) is 13.1 Å². The standard InChI is InChI=1S/C18H31N5O2/c1-18(2,3)17-19-15(20-25-17)12-22-7-9-23(10-8-22)13-16(24)21(4)11-14-5-6-14/h14H,5-13H2,1-4H3. The maximum atomic E-state index is 12.3. The fourth-order valence-corrected chi connectivity index (χ4v) is 3.03. The van der Waals surface area contributed by atoms with Crippen molar-refractivity contribution in [3.05, 3.63) is 11.7 Å². The van der Waals surface area contributed by atoms with Crippen LogP contribution in [0, 0.1) is 5.92 Å². The Bertz CT molecular complexity index is 583. The van der Waals surface area contributed by atoms with Gasteiger partial charge in [0.25, 0.3) is 0 Å². The maximum Gasteiger partial charge on any atom is 0.236 e. The van der Waals surface area contributed by atoms with Crippen molar-refractivity contribution in [1.82, 2.24) is 24.8 Å². The average Bonchev–Trinajstić information content (AvgIpc) is 3.22. The topological polar surface area (TPSA) is 65.7 Å². The maximum absolute atomic E-state index is 12.3. The lowest BCUT2D eigenvalue weighted by molar-refractivity contribution is -0.131. The van der Waals surface area contributed by atoms with Gasteiger partial charge >= 0.3 is 0 Å². The monoisotopic (exact) mass is 349 g/mol. The van der Waals surface area contributed by atoms with Gasteiger partial charge < -0.3 is 9.42 Å². The Labute approximate surface area is 150 Å². The van der Waals surface area contributed by atoms with Crippen LogP contribution in [0.4, 0.5) is 0 Å². The van der Waals surface area contributed by atoms with E-state index in [4.69, 9.17) is 4.52 Å². The molecular formula is C18H31N5O2. The highest BCUT2D eigenvalue weighted by Crippen LogP contribution is 2.29. The van der Waals surface area contributed by atoms with E-state index in [1.807, 2.05) is 11.9 Å². The zero-order valence-electron chi connectivity index (χ0n) is 16.0. The number of rotatable bonds is 6. The van der Waals surface area contributed by atoms with Gasteiger partial charge in [0, 0.05) is 45.2 Å². The molecule has 0 bridgehead atoms. The van der Waals surface area contributed by atoms with E-state index in [9.17, 15) is 4.79 Å².